The molecule has 0 spiro atoms. The Bertz CT molecular complexity index is 256. The van der Waals surface area contributed by atoms with Gasteiger partial charge >= 0.3 is 0 Å². The summed E-state index contributed by atoms with van der Waals surface area (Å²) in [4.78, 5) is 5.83. The van der Waals surface area contributed by atoms with Gasteiger partial charge in [-0.25, -0.2) is 4.98 Å². The highest BCUT2D eigenvalue weighted by Gasteiger charge is 2.00. The third-order valence-corrected chi connectivity index (χ3v) is 0.803. The maximum atomic E-state index is 8.25. The van der Waals surface area contributed by atoms with E-state index in [0.29, 0.717) is 0 Å². The molecule has 1 N–H and O–H groups in total. The van der Waals surface area contributed by atoms with Gasteiger partial charge in [0.05, 0.1) is 0 Å². The van der Waals surface area contributed by atoms with E-state index < -0.39 is 0 Å². The summed E-state index contributed by atoms with van der Waals surface area (Å²) >= 11 is 0. The lowest BCUT2D eigenvalue weighted by Crippen LogP contribution is -1.77. The summed E-state index contributed by atoms with van der Waals surface area (Å²) in [6.45, 7) is 0. The predicted molar refractivity (Wildman–Crippen MR) is 26.9 cm³/mol. The Morgan fingerprint density at radius 2 is 2.22 bits per heavy atom. The van der Waals surface area contributed by atoms with Crippen LogP contribution in [0.3, 0.4) is 0 Å². The average molecular weight is 117 g/mol. The summed E-state index contributed by atoms with van der Waals surface area (Å²) in [6.07, 6.45) is 2.28. The van der Waals surface area contributed by atoms with Crippen LogP contribution < -0.4 is 0 Å². The molecule has 1 heterocycles. The fourth-order valence-electron chi connectivity index (χ4n) is 0.417. The van der Waals surface area contributed by atoms with E-state index in [1.165, 1.54) is 0 Å². The zero-order valence-corrected chi connectivity index (χ0v) is 4.34. The SMILES string of the molecule is N#Cc1n[c][nH]c1C#N. The highest BCUT2D eigenvalue weighted by Crippen LogP contribution is 1.95. The molecule has 0 bridgehead atoms. The van der Waals surface area contributed by atoms with Crippen molar-refractivity contribution in [1.82, 2.24) is 9.97 Å². The molecule has 0 atom stereocenters. The van der Waals surface area contributed by atoms with Gasteiger partial charge in [-0.15, -0.1) is 0 Å². The lowest BCUT2D eigenvalue weighted by atomic mass is 10.4. The lowest BCUT2D eigenvalue weighted by molar-refractivity contribution is 1.27. The first-order valence-electron chi connectivity index (χ1n) is 2.14. The summed E-state index contributed by atoms with van der Waals surface area (Å²) in [5, 5.41) is 16.5. The van der Waals surface area contributed by atoms with Crippen LogP contribution in [0, 0.1) is 29.0 Å². The van der Waals surface area contributed by atoms with E-state index in [4.69, 9.17) is 10.5 Å². The molecule has 0 aliphatic carbocycles. The first-order chi connectivity index (χ1) is 4.38. The van der Waals surface area contributed by atoms with Gasteiger partial charge in [-0.2, -0.15) is 10.5 Å². The van der Waals surface area contributed by atoms with E-state index in [1.54, 1.807) is 12.1 Å². The van der Waals surface area contributed by atoms with Gasteiger partial charge in [0, 0.05) is 0 Å². The normalized spacial score (nSPS) is 7.78. The molecular formula is C5HN4. The zero-order valence-electron chi connectivity index (χ0n) is 4.34. The Morgan fingerprint density at radius 3 is 2.67 bits per heavy atom. The van der Waals surface area contributed by atoms with Gasteiger partial charge in [0.25, 0.3) is 0 Å². The molecule has 41 valence electrons. The standard InChI is InChI=1S/C5HN4/c6-1-4-5(2-7)9-3-8-4/h(H,8,9). The fourth-order valence-corrected chi connectivity index (χ4v) is 0.417. The van der Waals surface area contributed by atoms with Crippen molar-refractivity contribution in [3.05, 3.63) is 17.7 Å². The monoisotopic (exact) mass is 117 g/mol. The van der Waals surface area contributed by atoms with Gasteiger partial charge in [-0.05, 0) is 0 Å². The molecule has 4 heteroatoms. The molecule has 0 unspecified atom stereocenters. The van der Waals surface area contributed by atoms with Crippen LogP contribution in [0.5, 0.6) is 0 Å². The van der Waals surface area contributed by atoms with Gasteiger partial charge < -0.3 is 4.98 Å². The van der Waals surface area contributed by atoms with Gasteiger partial charge in [0.2, 0.25) is 0 Å². The lowest BCUT2D eigenvalue weighted by Gasteiger charge is -1.72. The molecule has 4 nitrogen and oxygen atoms in total. The number of aromatic nitrogens is 2. The van der Waals surface area contributed by atoms with Crippen molar-refractivity contribution in [3.63, 3.8) is 0 Å². The van der Waals surface area contributed by atoms with Crippen molar-refractivity contribution in [3.8, 4) is 12.1 Å². The quantitative estimate of drug-likeness (QED) is 0.517. The van der Waals surface area contributed by atoms with Crippen molar-refractivity contribution >= 4 is 0 Å². The molecule has 0 aliphatic heterocycles. The van der Waals surface area contributed by atoms with Gasteiger partial charge in [-0.3, -0.25) is 0 Å². The zero-order chi connectivity index (χ0) is 6.69. The molecule has 0 saturated carbocycles. The maximum Gasteiger partial charge on any atom is 0.177 e. The largest absolute Gasteiger partial charge is 0.326 e. The number of nitriles is 2. The van der Waals surface area contributed by atoms with E-state index in [9.17, 15) is 0 Å². The molecule has 0 aromatic carbocycles. The maximum absolute atomic E-state index is 8.25. The molecule has 0 amide bonds. The second-order valence-electron chi connectivity index (χ2n) is 1.30. The number of hydrogen-bond acceptors (Lipinski definition) is 3. The third kappa shape index (κ3) is 0.731. The number of H-pyrrole nitrogens is 1. The number of rotatable bonds is 0. The van der Waals surface area contributed by atoms with Gasteiger partial charge in [-0.1, -0.05) is 0 Å². The Balaban J connectivity index is 3.22. The van der Waals surface area contributed by atoms with Gasteiger partial charge in [0.1, 0.15) is 12.1 Å². The van der Waals surface area contributed by atoms with E-state index >= 15 is 0 Å². The second kappa shape index (κ2) is 1.97. The van der Waals surface area contributed by atoms with E-state index in [2.05, 4.69) is 16.3 Å². The first-order valence-corrected chi connectivity index (χ1v) is 2.14. The number of nitrogens with one attached hydrogen (secondary N) is 1. The summed E-state index contributed by atoms with van der Waals surface area (Å²) in [6, 6.07) is 3.49. The van der Waals surface area contributed by atoms with Crippen molar-refractivity contribution in [2.75, 3.05) is 0 Å². The van der Waals surface area contributed by atoms with Crippen LogP contribution in [0.2, 0.25) is 0 Å². The van der Waals surface area contributed by atoms with Crippen molar-refractivity contribution < 1.29 is 0 Å². The third-order valence-electron chi connectivity index (χ3n) is 0.803. The Kier molecular flexibility index (Phi) is 1.17. The van der Waals surface area contributed by atoms with Crippen LogP contribution in [0.15, 0.2) is 0 Å². The summed E-state index contributed by atoms with van der Waals surface area (Å²) in [7, 11) is 0. The summed E-state index contributed by atoms with van der Waals surface area (Å²) in [5.74, 6) is 0. The molecule has 0 saturated heterocycles. The fraction of sp³-hybridized carbons (Fsp3) is 0. The van der Waals surface area contributed by atoms with Crippen molar-refractivity contribution in [2.24, 2.45) is 0 Å². The minimum Gasteiger partial charge on any atom is -0.326 e. The molecule has 0 fully saturated rings. The van der Waals surface area contributed by atoms with Crippen LogP contribution in [-0.4, -0.2) is 9.97 Å². The molecule has 1 radical (unpaired) electrons. The number of nitrogens with zero attached hydrogens (tertiary/aromatic N) is 3. The number of imidazole rings is 1. The highest BCUT2D eigenvalue weighted by molar-refractivity contribution is 5.34. The van der Waals surface area contributed by atoms with E-state index in [-0.39, 0.29) is 11.4 Å². The molecule has 0 aliphatic rings. The highest BCUT2D eigenvalue weighted by atomic mass is 14.9. The van der Waals surface area contributed by atoms with Crippen LogP contribution in [0.1, 0.15) is 11.4 Å². The van der Waals surface area contributed by atoms with E-state index in [1.807, 2.05) is 0 Å². The summed E-state index contributed by atoms with van der Waals surface area (Å²) in [5.41, 5.74) is 0.259. The molecule has 1 aromatic heterocycles. The van der Waals surface area contributed by atoms with Crippen LogP contribution in [-0.2, 0) is 0 Å². The van der Waals surface area contributed by atoms with Crippen LogP contribution in [0.25, 0.3) is 0 Å². The molecule has 9 heavy (non-hydrogen) atoms. The summed E-state index contributed by atoms with van der Waals surface area (Å²) < 4.78 is 0. The topological polar surface area (TPSA) is 76.3 Å². The molecule has 1 aromatic rings. The second-order valence-corrected chi connectivity index (χ2v) is 1.30. The molecule has 1 rings (SSSR count). The molecular weight excluding hydrogens is 116 g/mol. The predicted octanol–water partition coefficient (Wildman–Crippen LogP) is -0.0468. The minimum atomic E-state index is 0.0949. The number of hydrogen-bond donors (Lipinski definition) is 1. The Hall–Kier alpha value is -1.81. The first kappa shape index (κ1) is 5.33. The smallest absolute Gasteiger partial charge is 0.177 e. The van der Waals surface area contributed by atoms with E-state index in [0.717, 1.165) is 0 Å². The average Bonchev–Trinajstić information content (AvgIpc) is 2.33. The van der Waals surface area contributed by atoms with Crippen molar-refractivity contribution in [1.29, 1.82) is 10.5 Å². The number of aromatic amines is 1. The van der Waals surface area contributed by atoms with Crippen molar-refractivity contribution in [2.45, 2.75) is 0 Å². The Labute approximate surface area is 51.4 Å². The van der Waals surface area contributed by atoms with Gasteiger partial charge in [0.15, 0.2) is 17.7 Å². The Morgan fingerprint density at radius 1 is 1.44 bits per heavy atom. The minimum absolute atomic E-state index is 0.0949. The van der Waals surface area contributed by atoms with Crippen LogP contribution in [0.4, 0.5) is 0 Å². The van der Waals surface area contributed by atoms with Crippen LogP contribution >= 0.6 is 0 Å².